The second-order valence-electron chi connectivity index (χ2n) is 7.73. The molecule has 3 aromatic rings. The molecule has 4 rings (SSSR count). The Morgan fingerprint density at radius 1 is 1.19 bits per heavy atom. The van der Waals surface area contributed by atoms with Crippen molar-refractivity contribution < 1.29 is 9.59 Å². The van der Waals surface area contributed by atoms with E-state index in [0.29, 0.717) is 23.2 Å². The van der Waals surface area contributed by atoms with Gasteiger partial charge < -0.3 is 15.5 Å². The van der Waals surface area contributed by atoms with E-state index in [0.717, 1.165) is 15.7 Å². The molecule has 1 saturated heterocycles. The van der Waals surface area contributed by atoms with Gasteiger partial charge in [-0.2, -0.15) is 0 Å². The molecule has 1 aromatic carbocycles. The van der Waals surface area contributed by atoms with Crippen LogP contribution >= 0.6 is 22.9 Å². The van der Waals surface area contributed by atoms with Gasteiger partial charge in [0.25, 0.3) is 5.91 Å². The summed E-state index contributed by atoms with van der Waals surface area (Å²) in [5.74, 6) is 0.0869. The molecule has 2 aromatic heterocycles. The standard InChI is InChI=1S/C21H22ClN7O2S/c1-21(2)17(30)29(19(31)27-21)10-9-23-18-24-11-14(22)16(26-18)15-12-25-20(32-15)28(3)13-7-5-4-6-8-13/h4-8,11-12H,9-10H2,1-3H3,(H,27,31)(H,23,24,26). The van der Waals surface area contributed by atoms with Crippen molar-refractivity contribution in [3.8, 4) is 10.6 Å². The van der Waals surface area contributed by atoms with Crippen molar-refractivity contribution in [1.82, 2.24) is 25.2 Å². The second-order valence-corrected chi connectivity index (χ2v) is 9.15. The fourth-order valence-corrected chi connectivity index (χ4v) is 4.37. The number of carbonyl (C=O) groups is 2. The summed E-state index contributed by atoms with van der Waals surface area (Å²) in [6, 6.07) is 9.52. The number of aromatic nitrogens is 3. The molecular formula is C21H22ClN7O2S. The van der Waals surface area contributed by atoms with Crippen molar-refractivity contribution in [1.29, 1.82) is 0 Å². The third-order valence-electron chi connectivity index (χ3n) is 4.96. The van der Waals surface area contributed by atoms with Gasteiger partial charge in [0.2, 0.25) is 5.95 Å². The Morgan fingerprint density at radius 3 is 2.62 bits per heavy atom. The Morgan fingerprint density at radius 2 is 1.94 bits per heavy atom. The van der Waals surface area contributed by atoms with Gasteiger partial charge in [0, 0.05) is 32.0 Å². The van der Waals surface area contributed by atoms with E-state index in [-0.39, 0.29) is 12.5 Å². The van der Waals surface area contributed by atoms with Crippen molar-refractivity contribution in [2.24, 2.45) is 0 Å². The molecule has 0 aliphatic carbocycles. The number of benzene rings is 1. The van der Waals surface area contributed by atoms with Crippen LogP contribution in [0.2, 0.25) is 5.02 Å². The first-order valence-electron chi connectivity index (χ1n) is 9.92. The van der Waals surface area contributed by atoms with Gasteiger partial charge in [0.15, 0.2) is 5.13 Å². The van der Waals surface area contributed by atoms with E-state index in [1.807, 2.05) is 42.3 Å². The number of halogens is 1. The molecule has 0 spiro atoms. The Hall–Kier alpha value is -3.24. The highest BCUT2D eigenvalue weighted by molar-refractivity contribution is 7.19. The van der Waals surface area contributed by atoms with Crippen LogP contribution in [0.4, 0.5) is 21.6 Å². The normalized spacial score (nSPS) is 15.1. The zero-order valence-electron chi connectivity index (χ0n) is 17.8. The number of urea groups is 1. The number of hydrogen-bond donors (Lipinski definition) is 2. The molecule has 0 atom stereocenters. The summed E-state index contributed by atoms with van der Waals surface area (Å²) in [7, 11) is 1.95. The third kappa shape index (κ3) is 4.37. The van der Waals surface area contributed by atoms with Crippen LogP contribution in [0, 0.1) is 0 Å². The number of para-hydroxylation sites is 1. The molecule has 0 radical (unpaired) electrons. The maximum absolute atomic E-state index is 12.3. The summed E-state index contributed by atoms with van der Waals surface area (Å²) in [6.45, 7) is 3.85. The lowest BCUT2D eigenvalue weighted by Crippen LogP contribution is -2.40. The minimum absolute atomic E-state index is 0.196. The fourth-order valence-electron chi connectivity index (χ4n) is 3.22. The molecule has 1 aliphatic rings. The first-order valence-corrected chi connectivity index (χ1v) is 11.1. The Bertz CT molecular complexity index is 1150. The minimum atomic E-state index is -0.891. The Labute approximate surface area is 194 Å². The van der Waals surface area contributed by atoms with E-state index < -0.39 is 11.6 Å². The van der Waals surface area contributed by atoms with Gasteiger partial charge >= 0.3 is 6.03 Å². The van der Waals surface area contributed by atoms with Crippen LogP contribution < -0.4 is 15.5 Å². The Balaban J connectivity index is 1.45. The lowest BCUT2D eigenvalue weighted by Gasteiger charge is -2.16. The van der Waals surface area contributed by atoms with Crippen molar-refractivity contribution in [2.75, 3.05) is 30.4 Å². The van der Waals surface area contributed by atoms with Crippen LogP contribution in [-0.4, -0.2) is 57.5 Å². The molecule has 0 unspecified atom stereocenters. The first kappa shape index (κ1) is 22.0. The summed E-state index contributed by atoms with van der Waals surface area (Å²) in [6.07, 6.45) is 3.25. The SMILES string of the molecule is CN(c1ccccc1)c1ncc(-c2nc(NCCN3C(=O)NC(C)(C)C3=O)ncc2Cl)s1. The molecule has 166 valence electrons. The summed E-state index contributed by atoms with van der Waals surface area (Å²) in [4.78, 5) is 41.5. The average Bonchev–Trinajstić information content (AvgIpc) is 3.33. The quantitative estimate of drug-likeness (QED) is 0.505. The van der Waals surface area contributed by atoms with Gasteiger partial charge in [-0.05, 0) is 26.0 Å². The molecular weight excluding hydrogens is 450 g/mol. The number of imide groups is 1. The van der Waals surface area contributed by atoms with Gasteiger partial charge in [0.05, 0.1) is 16.1 Å². The lowest BCUT2D eigenvalue weighted by molar-refractivity contribution is -0.130. The first-order chi connectivity index (χ1) is 15.3. The number of carbonyl (C=O) groups excluding carboxylic acids is 2. The molecule has 3 heterocycles. The van der Waals surface area contributed by atoms with Gasteiger partial charge in [0.1, 0.15) is 11.2 Å². The third-order valence-corrected chi connectivity index (χ3v) is 6.32. The zero-order chi connectivity index (χ0) is 22.9. The smallest absolute Gasteiger partial charge is 0.325 e. The van der Waals surface area contributed by atoms with Gasteiger partial charge in [-0.25, -0.2) is 19.7 Å². The van der Waals surface area contributed by atoms with Gasteiger partial charge in [-0.1, -0.05) is 41.1 Å². The molecule has 3 amide bonds. The van der Waals surface area contributed by atoms with Crippen molar-refractivity contribution in [2.45, 2.75) is 19.4 Å². The number of thiazole rings is 1. The highest BCUT2D eigenvalue weighted by Crippen LogP contribution is 2.36. The topological polar surface area (TPSA) is 103 Å². The van der Waals surface area contributed by atoms with Crippen molar-refractivity contribution in [3.05, 3.63) is 47.7 Å². The molecule has 0 bridgehead atoms. The number of rotatable bonds is 7. The predicted octanol–water partition coefficient (Wildman–Crippen LogP) is 3.76. The summed E-state index contributed by atoms with van der Waals surface area (Å²) >= 11 is 7.81. The van der Waals surface area contributed by atoms with E-state index >= 15 is 0 Å². The van der Waals surface area contributed by atoms with E-state index in [4.69, 9.17) is 11.6 Å². The number of nitrogens with zero attached hydrogens (tertiary/aromatic N) is 5. The number of amides is 3. The largest absolute Gasteiger partial charge is 0.352 e. The minimum Gasteiger partial charge on any atom is -0.352 e. The average molecular weight is 472 g/mol. The van der Waals surface area contributed by atoms with Gasteiger partial charge in [-0.15, -0.1) is 0 Å². The van der Waals surface area contributed by atoms with Crippen LogP contribution in [0.3, 0.4) is 0 Å². The van der Waals surface area contributed by atoms with E-state index in [1.54, 1.807) is 20.0 Å². The maximum atomic E-state index is 12.3. The van der Waals surface area contributed by atoms with Crippen LogP contribution in [0.25, 0.3) is 10.6 Å². The van der Waals surface area contributed by atoms with Crippen LogP contribution in [0.15, 0.2) is 42.7 Å². The highest BCUT2D eigenvalue weighted by atomic mass is 35.5. The highest BCUT2D eigenvalue weighted by Gasteiger charge is 2.43. The summed E-state index contributed by atoms with van der Waals surface area (Å²) in [5.41, 5.74) is 0.691. The van der Waals surface area contributed by atoms with E-state index in [2.05, 4.69) is 25.6 Å². The van der Waals surface area contributed by atoms with Crippen molar-refractivity contribution >= 4 is 51.6 Å². The molecule has 2 N–H and O–H groups in total. The lowest BCUT2D eigenvalue weighted by atomic mass is 10.1. The second kappa shape index (κ2) is 8.71. The molecule has 0 saturated carbocycles. The summed E-state index contributed by atoms with van der Waals surface area (Å²) in [5, 5.41) is 6.92. The van der Waals surface area contributed by atoms with E-state index in [1.165, 1.54) is 22.4 Å². The molecule has 1 aliphatic heterocycles. The Kier molecular flexibility index (Phi) is 5.98. The molecule has 32 heavy (non-hydrogen) atoms. The van der Waals surface area contributed by atoms with Crippen LogP contribution in [0.1, 0.15) is 13.8 Å². The van der Waals surface area contributed by atoms with Crippen LogP contribution in [-0.2, 0) is 4.79 Å². The number of anilines is 3. The van der Waals surface area contributed by atoms with Gasteiger partial charge in [-0.3, -0.25) is 9.69 Å². The molecule has 1 fully saturated rings. The van der Waals surface area contributed by atoms with Crippen molar-refractivity contribution in [3.63, 3.8) is 0 Å². The zero-order valence-corrected chi connectivity index (χ0v) is 19.4. The fraction of sp³-hybridized carbons (Fsp3) is 0.286. The molecule has 9 nitrogen and oxygen atoms in total. The number of hydrogen-bond acceptors (Lipinski definition) is 8. The van der Waals surface area contributed by atoms with Crippen LogP contribution in [0.5, 0.6) is 0 Å². The predicted molar refractivity (Wildman–Crippen MR) is 125 cm³/mol. The van der Waals surface area contributed by atoms with E-state index in [9.17, 15) is 9.59 Å². The monoisotopic (exact) mass is 471 g/mol. The summed E-state index contributed by atoms with van der Waals surface area (Å²) < 4.78 is 0. The molecule has 11 heteroatoms. The maximum Gasteiger partial charge on any atom is 0.325 e. The number of nitrogens with one attached hydrogen (secondary N) is 2.